The Hall–Kier alpha value is -0.650. The molecule has 0 fully saturated rings. The molecule has 1 N–H and O–H groups in total. The maximum Gasteiger partial charge on any atom is 0.308 e. The fourth-order valence-corrected chi connectivity index (χ4v) is 0.741. The van der Waals surface area contributed by atoms with Crippen LogP contribution in [-0.2, 0) is 19.0 Å². The van der Waals surface area contributed by atoms with Crippen LogP contribution < -0.4 is 0 Å². The van der Waals surface area contributed by atoms with Crippen LogP contribution in [0.1, 0.15) is 6.42 Å². The number of carbonyl (C=O) groups is 1. The van der Waals surface area contributed by atoms with Crippen molar-refractivity contribution >= 4 is 5.97 Å². The van der Waals surface area contributed by atoms with Gasteiger partial charge in [-0.1, -0.05) is 0 Å². The minimum absolute atomic E-state index is 0.0441. The molecule has 0 spiro atoms. The van der Waals surface area contributed by atoms with Crippen molar-refractivity contribution in [1.82, 2.24) is 0 Å². The van der Waals surface area contributed by atoms with Gasteiger partial charge >= 0.3 is 5.97 Å². The van der Waals surface area contributed by atoms with E-state index in [0.29, 0.717) is 6.61 Å². The van der Waals surface area contributed by atoms with Crippen LogP contribution in [0, 0.1) is 0 Å². The van der Waals surface area contributed by atoms with E-state index in [1.807, 2.05) is 0 Å². The second kappa shape index (κ2) is 7.97. The molecular formula is C8H16O5. The van der Waals surface area contributed by atoms with E-state index >= 15 is 0 Å². The van der Waals surface area contributed by atoms with E-state index in [4.69, 9.17) is 9.84 Å². The van der Waals surface area contributed by atoms with Gasteiger partial charge in [0.1, 0.15) is 6.61 Å². The van der Waals surface area contributed by atoms with Crippen LogP contribution in [0.15, 0.2) is 0 Å². The van der Waals surface area contributed by atoms with Crippen LogP contribution >= 0.6 is 0 Å². The lowest BCUT2D eigenvalue weighted by atomic mass is 10.3. The van der Waals surface area contributed by atoms with Crippen LogP contribution in [0.5, 0.6) is 0 Å². The summed E-state index contributed by atoms with van der Waals surface area (Å²) >= 11 is 0. The van der Waals surface area contributed by atoms with Crippen molar-refractivity contribution in [3.05, 3.63) is 0 Å². The minimum atomic E-state index is -0.792. The molecule has 5 nitrogen and oxygen atoms in total. The molecular weight excluding hydrogens is 176 g/mol. The molecule has 0 saturated carbocycles. The quantitative estimate of drug-likeness (QED) is 0.438. The highest BCUT2D eigenvalue weighted by Crippen LogP contribution is 1.94. The van der Waals surface area contributed by atoms with Crippen molar-refractivity contribution in [3.63, 3.8) is 0 Å². The molecule has 0 aromatic heterocycles. The van der Waals surface area contributed by atoms with Crippen molar-refractivity contribution in [1.29, 1.82) is 0 Å². The Balaban J connectivity index is 3.38. The predicted molar refractivity (Wildman–Crippen MR) is 45.3 cm³/mol. The summed E-state index contributed by atoms with van der Waals surface area (Å²) in [5.41, 5.74) is 0. The summed E-state index contributed by atoms with van der Waals surface area (Å²) in [6.45, 7) is 0.723. The Morgan fingerprint density at radius 3 is 2.54 bits per heavy atom. The van der Waals surface area contributed by atoms with Gasteiger partial charge in [-0.2, -0.15) is 0 Å². The molecule has 0 aliphatic rings. The number of methoxy groups -OCH3 is 2. The average molecular weight is 192 g/mol. The third-order valence-electron chi connectivity index (χ3n) is 1.31. The van der Waals surface area contributed by atoms with E-state index in [1.165, 1.54) is 14.2 Å². The van der Waals surface area contributed by atoms with Gasteiger partial charge in [-0.05, 0) is 0 Å². The monoisotopic (exact) mass is 192 g/mol. The Labute approximate surface area is 77.6 Å². The van der Waals surface area contributed by atoms with Crippen molar-refractivity contribution in [2.45, 2.75) is 12.5 Å². The highest BCUT2D eigenvalue weighted by Gasteiger charge is 2.10. The number of aliphatic hydroxyl groups is 1. The van der Waals surface area contributed by atoms with Crippen LogP contribution in [0.3, 0.4) is 0 Å². The average Bonchev–Trinajstić information content (AvgIpc) is 2.05. The fourth-order valence-electron chi connectivity index (χ4n) is 0.741. The Bertz CT molecular complexity index is 136. The first kappa shape index (κ1) is 12.3. The molecule has 5 heteroatoms. The molecule has 0 heterocycles. The summed E-state index contributed by atoms with van der Waals surface area (Å²) in [6, 6.07) is 0. The van der Waals surface area contributed by atoms with Gasteiger partial charge in [0.05, 0.1) is 25.7 Å². The molecule has 13 heavy (non-hydrogen) atoms. The lowest BCUT2D eigenvalue weighted by Gasteiger charge is -2.08. The molecule has 0 aromatic carbocycles. The smallest absolute Gasteiger partial charge is 0.308 e. The maximum absolute atomic E-state index is 10.9. The Kier molecular flexibility index (Phi) is 7.57. The van der Waals surface area contributed by atoms with E-state index in [9.17, 15) is 4.79 Å². The lowest BCUT2D eigenvalue weighted by Crippen LogP contribution is -2.21. The van der Waals surface area contributed by atoms with Gasteiger partial charge in [0.15, 0.2) is 0 Å². The van der Waals surface area contributed by atoms with Crippen LogP contribution in [-0.4, -0.2) is 51.2 Å². The Morgan fingerprint density at radius 1 is 1.31 bits per heavy atom. The van der Waals surface area contributed by atoms with Gasteiger partial charge in [0, 0.05) is 14.2 Å². The third-order valence-corrected chi connectivity index (χ3v) is 1.31. The van der Waals surface area contributed by atoms with Gasteiger partial charge < -0.3 is 19.3 Å². The van der Waals surface area contributed by atoms with Gasteiger partial charge in [-0.3, -0.25) is 4.79 Å². The molecule has 0 amide bonds. The zero-order valence-electron chi connectivity index (χ0n) is 7.99. The molecule has 0 radical (unpaired) electrons. The van der Waals surface area contributed by atoms with E-state index in [2.05, 4.69) is 9.47 Å². The zero-order valence-corrected chi connectivity index (χ0v) is 7.99. The first-order valence-electron chi connectivity index (χ1n) is 4.02. The number of rotatable bonds is 7. The highest BCUT2D eigenvalue weighted by molar-refractivity contribution is 5.69. The predicted octanol–water partition coefficient (Wildman–Crippen LogP) is -0.427. The SMILES string of the molecule is COCCOC(=O)CC(O)COC. The first-order valence-corrected chi connectivity index (χ1v) is 4.02. The van der Waals surface area contributed by atoms with Gasteiger partial charge in [-0.15, -0.1) is 0 Å². The van der Waals surface area contributed by atoms with Crippen molar-refractivity contribution < 1.29 is 24.1 Å². The lowest BCUT2D eigenvalue weighted by molar-refractivity contribution is -0.147. The number of hydrogen-bond acceptors (Lipinski definition) is 5. The summed E-state index contributed by atoms with van der Waals surface area (Å²) in [6.07, 6.45) is -0.836. The molecule has 0 bridgehead atoms. The van der Waals surface area contributed by atoms with Gasteiger partial charge in [0.25, 0.3) is 0 Å². The fraction of sp³-hybridized carbons (Fsp3) is 0.875. The molecule has 0 aliphatic carbocycles. The summed E-state index contributed by atoms with van der Waals surface area (Å²) in [7, 11) is 2.98. The molecule has 0 rings (SSSR count). The summed E-state index contributed by atoms with van der Waals surface area (Å²) < 4.78 is 14.0. The van der Waals surface area contributed by atoms with E-state index in [1.54, 1.807) is 0 Å². The maximum atomic E-state index is 10.9. The van der Waals surface area contributed by atoms with E-state index < -0.39 is 12.1 Å². The second-order valence-electron chi connectivity index (χ2n) is 2.53. The van der Waals surface area contributed by atoms with Crippen molar-refractivity contribution in [2.75, 3.05) is 34.0 Å². The first-order chi connectivity index (χ1) is 6.20. The van der Waals surface area contributed by atoms with Crippen molar-refractivity contribution in [3.8, 4) is 0 Å². The topological polar surface area (TPSA) is 65.0 Å². The number of carbonyl (C=O) groups excluding carboxylic acids is 1. The molecule has 0 aromatic rings. The number of hydrogen-bond donors (Lipinski definition) is 1. The molecule has 1 atom stereocenters. The summed E-state index contributed by atoms with van der Waals surface area (Å²) in [5, 5.41) is 9.12. The molecule has 0 aliphatic heterocycles. The van der Waals surface area contributed by atoms with Crippen molar-refractivity contribution in [2.24, 2.45) is 0 Å². The molecule has 1 unspecified atom stereocenters. The third kappa shape index (κ3) is 7.70. The standard InChI is InChI=1S/C8H16O5/c1-11-3-4-13-8(10)5-7(9)6-12-2/h7,9H,3-6H2,1-2H3. The van der Waals surface area contributed by atoms with Crippen LogP contribution in [0.2, 0.25) is 0 Å². The van der Waals surface area contributed by atoms with Gasteiger partial charge in [0.2, 0.25) is 0 Å². The summed E-state index contributed by atoms with van der Waals surface area (Å²) in [5.74, 6) is -0.443. The largest absolute Gasteiger partial charge is 0.463 e. The van der Waals surface area contributed by atoms with Gasteiger partial charge in [-0.25, -0.2) is 0 Å². The van der Waals surface area contributed by atoms with E-state index in [-0.39, 0.29) is 19.6 Å². The zero-order chi connectivity index (χ0) is 10.1. The highest BCUT2D eigenvalue weighted by atomic mass is 16.6. The van der Waals surface area contributed by atoms with E-state index in [0.717, 1.165) is 0 Å². The number of esters is 1. The molecule has 0 saturated heterocycles. The minimum Gasteiger partial charge on any atom is -0.463 e. The van der Waals surface area contributed by atoms with Crippen LogP contribution in [0.25, 0.3) is 0 Å². The Morgan fingerprint density at radius 2 is 2.00 bits per heavy atom. The normalized spacial score (nSPS) is 12.5. The second-order valence-corrected chi connectivity index (χ2v) is 2.53. The number of ether oxygens (including phenoxy) is 3. The molecule has 78 valence electrons. The number of aliphatic hydroxyl groups excluding tert-OH is 1. The van der Waals surface area contributed by atoms with Crippen LogP contribution in [0.4, 0.5) is 0 Å². The summed E-state index contributed by atoms with van der Waals surface area (Å²) in [4.78, 5) is 10.9.